The van der Waals surface area contributed by atoms with E-state index in [1.165, 1.54) is 0 Å². The highest BCUT2D eigenvalue weighted by Gasteiger charge is 2.19. The normalized spacial score (nSPS) is 20.5. The van der Waals surface area contributed by atoms with Crippen LogP contribution in [0.2, 0.25) is 0 Å². The van der Waals surface area contributed by atoms with Crippen LogP contribution in [-0.4, -0.2) is 25.4 Å². The third kappa shape index (κ3) is 2.98. The molecule has 2 aliphatic rings. The third-order valence-electron chi connectivity index (χ3n) is 3.36. The zero-order valence-corrected chi connectivity index (χ0v) is 10.7. The van der Waals surface area contributed by atoms with Gasteiger partial charge in [-0.3, -0.25) is 4.79 Å². The Balaban J connectivity index is 1.50. The standard InChI is InChI=1S/C14H17NO4/c16-14(7-11-2-1-5-17-11)15-8-10-3-4-12-13(6-10)19-9-18-12/h3-4,6,11H,1-2,5,7-9H2,(H,15,16). The molecule has 2 aliphatic heterocycles. The van der Waals surface area contributed by atoms with E-state index < -0.39 is 0 Å². The summed E-state index contributed by atoms with van der Waals surface area (Å²) in [6.07, 6.45) is 2.58. The molecule has 2 heterocycles. The molecule has 0 radical (unpaired) electrons. The molecule has 1 atom stereocenters. The minimum atomic E-state index is 0.0320. The van der Waals surface area contributed by atoms with Gasteiger partial charge in [-0.25, -0.2) is 0 Å². The van der Waals surface area contributed by atoms with Crippen LogP contribution in [0.1, 0.15) is 24.8 Å². The first kappa shape index (κ1) is 12.3. The molecular formula is C14H17NO4. The highest BCUT2D eigenvalue weighted by molar-refractivity contribution is 5.76. The molecule has 0 spiro atoms. The fraction of sp³-hybridized carbons (Fsp3) is 0.500. The number of nitrogens with one attached hydrogen (secondary N) is 1. The molecule has 3 rings (SSSR count). The largest absolute Gasteiger partial charge is 0.454 e. The Labute approximate surface area is 111 Å². The van der Waals surface area contributed by atoms with Crippen LogP contribution in [0, 0.1) is 0 Å². The number of carbonyl (C=O) groups excluding carboxylic acids is 1. The summed E-state index contributed by atoms with van der Waals surface area (Å²) in [6, 6.07) is 5.69. The number of hydrogen-bond donors (Lipinski definition) is 1. The first-order valence-electron chi connectivity index (χ1n) is 6.58. The van der Waals surface area contributed by atoms with Crippen molar-refractivity contribution in [3.05, 3.63) is 23.8 Å². The van der Waals surface area contributed by atoms with Gasteiger partial charge in [0.1, 0.15) is 0 Å². The summed E-state index contributed by atoms with van der Waals surface area (Å²) in [7, 11) is 0. The quantitative estimate of drug-likeness (QED) is 0.896. The fourth-order valence-corrected chi connectivity index (χ4v) is 2.34. The number of rotatable bonds is 4. The predicted molar refractivity (Wildman–Crippen MR) is 68.0 cm³/mol. The molecule has 5 nitrogen and oxygen atoms in total. The minimum absolute atomic E-state index is 0.0320. The lowest BCUT2D eigenvalue weighted by molar-refractivity contribution is -0.123. The van der Waals surface area contributed by atoms with E-state index in [0.717, 1.165) is 36.5 Å². The van der Waals surface area contributed by atoms with Crippen LogP contribution in [0.25, 0.3) is 0 Å². The van der Waals surface area contributed by atoms with Crippen molar-refractivity contribution < 1.29 is 19.0 Å². The summed E-state index contributed by atoms with van der Waals surface area (Å²) in [5.74, 6) is 1.53. The van der Waals surface area contributed by atoms with Gasteiger partial charge in [0.15, 0.2) is 11.5 Å². The maximum Gasteiger partial charge on any atom is 0.231 e. The van der Waals surface area contributed by atoms with Gasteiger partial charge >= 0.3 is 0 Å². The number of amides is 1. The first-order chi connectivity index (χ1) is 9.31. The summed E-state index contributed by atoms with van der Waals surface area (Å²) >= 11 is 0. The van der Waals surface area contributed by atoms with Gasteiger partial charge in [0, 0.05) is 13.2 Å². The Morgan fingerprint density at radius 2 is 2.21 bits per heavy atom. The number of fused-ring (bicyclic) bond motifs is 1. The number of carbonyl (C=O) groups is 1. The Bertz CT molecular complexity index is 469. The summed E-state index contributed by atoms with van der Waals surface area (Å²) in [6.45, 7) is 1.55. The van der Waals surface area contributed by atoms with Gasteiger partial charge in [-0.2, -0.15) is 0 Å². The van der Waals surface area contributed by atoms with Crippen LogP contribution >= 0.6 is 0 Å². The Kier molecular flexibility index (Phi) is 3.55. The van der Waals surface area contributed by atoms with Crippen LogP contribution < -0.4 is 14.8 Å². The number of hydrogen-bond acceptors (Lipinski definition) is 4. The van der Waals surface area contributed by atoms with Gasteiger partial charge in [0.05, 0.1) is 12.5 Å². The predicted octanol–water partition coefficient (Wildman–Crippen LogP) is 1.60. The zero-order chi connectivity index (χ0) is 13.1. The van der Waals surface area contributed by atoms with Crippen molar-refractivity contribution in [1.29, 1.82) is 0 Å². The molecule has 1 aromatic carbocycles. The smallest absolute Gasteiger partial charge is 0.231 e. The van der Waals surface area contributed by atoms with E-state index in [0.29, 0.717) is 13.0 Å². The van der Waals surface area contributed by atoms with Crippen LogP contribution in [0.5, 0.6) is 11.5 Å². The van der Waals surface area contributed by atoms with Crippen LogP contribution in [0.4, 0.5) is 0 Å². The van der Waals surface area contributed by atoms with E-state index >= 15 is 0 Å². The summed E-state index contributed by atoms with van der Waals surface area (Å²) in [5, 5.41) is 2.90. The van der Waals surface area contributed by atoms with Crippen molar-refractivity contribution in [3.8, 4) is 11.5 Å². The second kappa shape index (κ2) is 5.48. The van der Waals surface area contributed by atoms with E-state index in [2.05, 4.69) is 5.32 Å². The maximum absolute atomic E-state index is 11.8. The van der Waals surface area contributed by atoms with Crippen LogP contribution in [0.15, 0.2) is 18.2 Å². The summed E-state index contributed by atoms with van der Waals surface area (Å²) in [5.41, 5.74) is 1.00. The van der Waals surface area contributed by atoms with Crippen molar-refractivity contribution in [2.75, 3.05) is 13.4 Å². The van der Waals surface area contributed by atoms with E-state index in [1.54, 1.807) is 0 Å². The van der Waals surface area contributed by atoms with E-state index in [4.69, 9.17) is 14.2 Å². The minimum Gasteiger partial charge on any atom is -0.454 e. The molecule has 1 aromatic rings. The van der Waals surface area contributed by atoms with Gasteiger partial charge in [-0.05, 0) is 30.5 Å². The van der Waals surface area contributed by atoms with Gasteiger partial charge in [-0.1, -0.05) is 6.07 Å². The molecule has 1 unspecified atom stereocenters. The molecule has 19 heavy (non-hydrogen) atoms. The SMILES string of the molecule is O=C(CC1CCCO1)NCc1ccc2c(c1)OCO2. The average molecular weight is 263 g/mol. The average Bonchev–Trinajstić information content (AvgIpc) is 3.06. The molecule has 0 bridgehead atoms. The lowest BCUT2D eigenvalue weighted by Gasteiger charge is -2.10. The molecule has 0 aromatic heterocycles. The molecule has 0 saturated carbocycles. The third-order valence-corrected chi connectivity index (χ3v) is 3.36. The van der Waals surface area contributed by atoms with Crippen molar-refractivity contribution >= 4 is 5.91 Å². The monoisotopic (exact) mass is 263 g/mol. The molecule has 0 aliphatic carbocycles. The van der Waals surface area contributed by atoms with Crippen molar-refractivity contribution in [2.24, 2.45) is 0 Å². The lowest BCUT2D eigenvalue weighted by Crippen LogP contribution is -2.26. The van der Waals surface area contributed by atoms with E-state index in [-0.39, 0.29) is 18.8 Å². The molecule has 1 amide bonds. The highest BCUT2D eigenvalue weighted by atomic mass is 16.7. The molecular weight excluding hydrogens is 246 g/mol. The van der Waals surface area contributed by atoms with Crippen molar-refractivity contribution in [2.45, 2.75) is 31.9 Å². The molecule has 1 fully saturated rings. The van der Waals surface area contributed by atoms with Gasteiger partial charge < -0.3 is 19.5 Å². The lowest BCUT2D eigenvalue weighted by atomic mass is 10.1. The summed E-state index contributed by atoms with van der Waals surface area (Å²) in [4.78, 5) is 11.8. The summed E-state index contributed by atoms with van der Waals surface area (Å²) < 4.78 is 16.0. The van der Waals surface area contributed by atoms with Gasteiger partial charge in [0.2, 0.25) is 12.7 Å². The molecule has 1 N–H and O–H groups in total. The Morgan fingerprint density at radius 3 is 3.05 bits per heavy atom. The Morgan fingerprint density at radius 1 is 1.32 bits per heavy atom. The number of ether oxygens (including phenoxy) is 3. The number of benzene rings is 1. The van der Waals surface area contributed by atoms with Gasteiger partial charge in [-0.15, -0.1) is 0 Å². The second-order valence-corrected chi connectivity index (χ2v) is 4.80. The fourth-order valence-electron chi connectivity index (χ4n) is 2.34. The second-order valence-electron chi connectivity index (χ2n) is 4.80. The molecule has 1 saturated heterocycles. The molecule has 5 heteroatoms. The topological polar surface area (TPSA) is 56.8 Å². The molecule has 102 valence electrons. The van der Waals surface area contributed by atoms with Gasteiger partial charge in [0.25, 0.3) is 0 Å². The van der Waals surface area contributed by atoms with E-state index in [9.17, 15) is 4.79 Å². The van der Waals surface area contributed by atoms with Crippen LogP contribution in [0.3, 0.4) is 0 Å². The zero-order valence-electron chi connectivity index (χ0n) is 10.7. The highest BCUT2D eigenvalue weighted by Crippen LogP contribution is 2.32. The van der Waals surface area contributed by atoms with Crippen LogP contribution in [-0.2, 0) is 16.1 Å². The van der Waals surface area contributed by atoms with E-state index in [1.807, 2.05) is 18.2 Å². The maximum atomic E-state index is 11.8. The van der Waals surface area contributed by atoms with Crippen molar-refractivity contribution in [3.63, 3.8) is 0 Å². The first-order valence-corrected chi connectivity index (χ1v) is 6.58. The Hall–Kier alpha value is -1.75. The van der Waals surface area contributed by atoms with Crippen molar-refractivity contribution in [1.82, 2.24) is 5.32 Å².